The Morgan fingerprint density at radius 2 is 1.59 bits per heavy atom. The molecule has 0 fully saturated rings. The number of rotatable bonds is 7. The van der Waals surface area contributed by atoms with E-state index in [1.807, 2.05) is 0 Å². The largest absolute Gasteiger partial charge is 0.480 e. The van der Waals surface area contributed by atoms with E-state index in [4.69, 9.17) is 31.9 Å². The lowest BCUT2D eigenvalue weighted by Gasteiger charge is -2.16. The summed E-state index contributed by atoms with van der Waals surface area (Å²) in [4.78, 5) is 11.6. The van der Waals surface area contributed by atoms with Crippen molar-refractivity contribution in [1.29, 1.82) is 0 Å². The second kappa shape index (κ2) is 10.4. The van der Waals surface area contributed by atoms with Gasteiger partial charge in [0.25, 0.3) is 0 Å². The first-order valence-electron chi connectivity index (χ1n) is 5.22. The van der Waals surface area contributed by atoms with Crippen molar-refractivity contribution in [1.82, 2.24) is 4.90 Å². The molecule has 0 aliphatic rings. The number of carboxylic acid groups (broad SMARTS) is 1. The second-order valence-electron chi connectivity index (χ2n) is 3.46. The highest BCUT2D eigenvalue weighted by molar-refractivity contribution is 5.69. The third-order valence-corrected chi connectivity index (χ3v) is 1.76. The number of carbonyl (C=O) groups is 1. The molecule has 0 aromatic carbocycles. The van der Waals surface area contributed by atoms with Crippen LogP contribution in [0.3, 0.4) is 0 Å². The van der Waals surface area contributed by atoms with Gasteiger partial charge in [0.05, 0.1) is 19.8 Å². The molecule has 0 unspecified atom stereocenters. The van der Waals surface area contributed by atoms with Crippen LogP contribution < -0.4 is 11.5 Å². The van der Waals surface area contributed by atoms with E-state index in [9.17, 15) is 4.79 Å². The maximum Gasteiger partial charge on any atom is 0.317 e. The summed E-state index contributed by atoms with van der Waals surface area (Å²) >= 11 is 0. The van der Waals surface area contributed by atoms with Gasteiger partial charge in [0.1, 0.15) is 0 Å². The third kappa shape index (κ3) is 17.8. The number of hydrogen-bond acceptors (Lipinski definition) is 7. The minimum Gasteiger partial charge on any atom is -0.480 e. The van der Waals surface area contributed by atoms with Crippen molar-refractivity contribution in [3.63, 3.8) is 0 Å². The zero-order valence-corrected chi connectivity index (χ0v) is 10.0. The van der Waals surface area contributed by atoms with Crippen LogP contribution in [0.1, 0.15) is 13.3 Å². The fourth-order valence-corrected chi connectivity index (χ4v) is 0.744. The first kappa shape index (κ1) is 18.6. The molecule has 0 aromatic rings. The highest BCUT2D eigenvalue weighted by Crippen LogP contribution is 1.86. The quantitative estimate of drug-likeness (QED) is 0.268. The predicted molar refractivity (Wildman–Crippen MR) is 61.9 cm³/mol. The molecule has 104 valence electrons. The average Bonchev–Trinajstić information content (AvgIpc) is 2.17. The first-order valence-corrected chi connectivity index (χ1v) is 5.22. The molecule has 0 spiro atoms. The van der Waals surface area contributed by atoms with E-state index in [0.29, 0.717) is 6.42 Å². The molecular weight excluding hydrogens is 230 g/mol. The van der Waals surface area contributed by atoms with Crippen molar-refractivity contribution in [2.45, 2.75) is 19.2 Å². The first-order chi connectivity index (χ1) is 7.76. The van der Waals surface area contributed by atoms with Crippen molar-refractivity contribution in [3.8, 4) is 0 Å². The summed E-state index contributed by atoms with van der Waals surface area (Å²) in [5, 5.41) is 33.6. The topological polar surface area (TPSA) is 153 Å². The van der Waals surface area contributed by atoms with E-state index in [2.05, 4.69) is 0 Å². The lowest BCUT2D eigenvalue weighted by molar-refractivity contribution is -0.138. The zero-order chi connectivity index (χ0) is 13.9. The van der Waals surface area contributed by atoms with Crippen molar-refractivity contribution >= 4 is 5.97 Å². The van der Waals surface area contributed by atoms with Crippen LogP contribution in [0.25, 0.3) is 0 Å². The van der Waals surface area contributed by atoms with Crippen LogP contribution in [0.2, 0.25) is 0 Å². The lowest BCUT2D eigenvalue weighted by atomic mass is 10.3. The lowest BCUT2D eigenvalue weighted by Crippen LogP contribution is -2.48. The Balaban J connectivity index is 0. The third-order valence-electron chi connectivity index (χ3n) is 1.76. The Kier molecular flexibility index (Phi) is 11.4. The SMILES string of the molecule is CCC(N)(N)O.O=C(O)CN(CCO)CCO. The molecule has 0 heterocycles. The van der Waals surface area contributed by atoms with Gasteiger partial charge >= 0.3 is 5.97 Å². The fraction of sp³-hybridized carbons (Fsp3) is 0.889. The van der Waals surface area contributed by atoms with Gasteiger partial charge in [0.2, 0.25) is 0 Å². The van der Waals surface area contributed by atoms with E-state index in [0.717, 1.165) is 0 Å². The van der Waals surface area contributed by atoms with Gasteiger partial charge in [-0.15, -0.1) is 0 Å². The number of carboxylic acids is 1. The fourth-order valence-electron chi connectivity index (χ4n) is 0.744. The summed E-state index contributed by atoms with van der Waals surface area (Å²) in [6, 6.07) is 0. The number of hydrogen-bond donors (Lipinski definition) is 6. The van der Waals surface area contributed by atoms with Crippen LogP contribution >= 0.6 is 0 Å². The van der Waals surface area contributed by atoms with Gasteiger partial charge in [0, 0.05) is 19.5 Å². The van der Waals surface area contributed by atoms with Gasteiger partial charge in [-0.3, -0.25) is 21.2 Å². The number of aliphatic hydroxyl groups excluding tert-OH is 2. The smallest absolute Gasteiger partial charge is 0.317 e. The Morgan fingerprint density at radius 1 is 1.24 bits per heavy atom. The summed E-state index contributed by atoms with van der Waals surface area (Å²) in [6.07, 6.45) is 0.382. The van der Waals surface area contributed by atoms with E-state index < -0.39 is 11.8 Å². The highest BCUT2D eigenvalue weighted by Gasteiger charge is 2.07. The summed E-state index contributed by atoms with van der Waals surface area (Å²) in [5.74, 6) is -2.41. The zero-order valence-electron chi connectivity index (χ0n) is 10.0. The predicted octanol–water partition coefficient (Wildman–Crippen LogP) is -2.68. The van der Waals surface area contributed by atoms with Crippen LogP contribution in [-0.2, 0) is 4.79 Å². The second-order valence-corrected chi connectivity index (χ2v) is 3.46. The van der Waals surface area contributed by atoms with E-state index in [-0.39, 0.29) is 32.8 Å². The molecule has 0 aromatic heterocycles. The molecule has 0 saturated heterocycles. The minimum atomic E-state index is -1.46. The van der Waals surface area contributed by atoms with Crippen LogP contribution in [0.15, 0.2) is 0 Å². The van der Waals surface area contributed by atoms with Crippen LogP contribution in [0, 0.1) is 0 Å². The summed E-state index contributed by atoms with van der Waals surface area (Å²) in [5.41, 5.74) is 9.74. The molecule has 0 saturated carbocycles. The molecule has 8 heteroatoms. The van der Waals surface area contributed by atoms with Crippen molar-refractivity contribution in [3.05, 3.63) is 0 Å². The van der Waals surface area contributed by atoms with Crippen molar-refractivity contribution < 1.29 is 25.2 Å². The molecule has 0 aliphatic heterocycles. The van der Waals surface area contributed by atoms with Crippen molar-refractivity contribution in [2.24, 2.45) is 11.5 Å². The van der Waals surface area contributed by atoms with Crippen LogP contribution in [0.5, 0.6) is 0 Å². The Bertz CT molecular complexity index is 190. The highest BCUT2D eigenvalue weighted by atomic mass is 16.4. The molecular formula is C9H23N3O5. The number of aliphatic carboxylic acids is 1. The summed E-state index contributed by atoms with van der Waals surface area (Å²) in [6.45, 7) is 1.96. The van der Waals surface area contributed by atoms with Gasteiger partial charge in [-0.1, -0.05) is 6.92 Å². The molecule has 0 radical (unpaired) electrons. The molecule has 0 bridgehead atoms. The van der Waals surface area contributed by atoms with Crippen LogP contribution in [-0.4, -0.2) is 70.0 Å². The number of nitrogens with zero attached hydrogens (tertiary/aromatic N) is 1. The van der Waals surface area contributed by atoms with Crippen LogP contribution in [0.4, 0.5) is 0 Å². The summed E-state index contributed by atoms with van der Waals surface area (Å²) < 4.78 is 0. The monoisotopic (exact) mass is 253 g/mol. The maximum atomic E-state index is 10.2. The van der Waals surface area contributed by atoms with Gasteiger partial charge < -0.3 is 20.4 Å². The standard InChI is InChI=1S/C6H13NO4.C3H10N2O/c8-3-1-7(2-4-9)5-6(10)11;1-2-3(4,5)6/h8-9H,1-5H2,(H,10,11);6H,2,4-5H2,1H3. The number of nitrogens with two attached hydrogens (primary N) is 2. The van der Waals surface area contributed by atoms with E-state index in [1.54, 1.807) is 6.92 Å². The van der Waals surface area contributed by atoms with Crippen molar-refractivity contribution in [2.75, 3.05) is 32.8 Å². The van der Waals surface area contributed by atoms with Gasteiger partial charge in [0.15, 0.2) is 5.85 Å². The molecule has 8 nitrogen and oxygen atoms in total. The van der Waals surface area contributed by atoms with Gasteiger partial charge in [-0.25, -0.2) is 0 Å². The molecule has 17 heavy (non-hydrogen) atoms. The molecule has 0 amide bonds. The van der Waals surface area contributed by atoms with Gasteiger partial charge in [-0.05, 0) is 0 Å². The van der Waals surface area contributed by atoms with E-state index in [1.165, 1.54) is 4.90 Å². The maximum absolute atomic E-state index is 10.2. The van der Waals surface area contributed by atoms with E-state index >= 15 is 0 Å². The Morgan fingerprint density at radius 3 is 1.76 bits per heavy atom. The number of aliphatic hydroxyl groups is 3. The molecule has 0 atom stereocenters. The molecule has 0 rings (SSSR count). The Hall–Kier alpha value is -0.770. The Labute approximate surface area is 100 Å². The average molecular weight is 253 g/mol. The molecule has 8 N–H and O–H groups in total. The van der Waals surface area contributed by atoms with Gasteiger partial charge in [-0.2, -0.15) is 0 Å². The molecule has 0 aliphatic carbocycles. The normalized spacial score (nSPS) is 11.0. The summed E-state index contributed by atoms with van der Waals surface area (Å²) in [7, 11) is 0. The minimum absolute atomic E-state index is 0.0900.